The highest BCUT2D eigenvalue weighted by molar-refractivity contribution is 6.04. The van der Waals surface area contributed by atoms with Crippen molar-refractivity contribution >= 4 is 11.7 Å². The van der Waals surface area contributed by atoms with Gasteiger partial charge in [-0.2, -0.15) is 0 Å². The third-order valence-corrected chi connectivity index (χ3v) is 5.48. The predicted molar refractivity (Wildman–Crippen MR) is 101 cm³/mol. The van der Waals surface area contributed by atoms with Crippen molar-refractivity contribution in [2.75, 3.05) is 44.8 Å². The Morgan fingerprint density at radius 3 is 2.63 bits per heavy atom. The molecule has 7 nitrogen and oxygen atoms in total. The van der Waals surface area contributed by atoms with Crippen LogP contribution in [0.15, 0.2) is 28.8 Å². The number of aliphatic hydroxyl groups excluding tert-OH is 1. The van der Waals surface area contributed by atoms with Gasteiger partial charge in [0.2, 0.25) is 0 Å². The quantitative estimate of drug-likeness (QED) is 0.870. The Bertz CT molecular complexity index is 796. The number of carbonyl (C=O) groups is 1. The molecule has 0 aliphatic carbocycles. The van der Waals surface area contributed by atoms with E-state index in [0.29, 0.717) is 30.2 Å². The molecule has 2 aromatic rings. The van der Waals surface area contributed by atoms with E-state index in [2.05, 4.69) is 10.1 Å². The maximum Gasteiger partial charge on any atom is 0.261 e. The fraction of sp³-hybridized carbons (Fsp3) is 0.500. The maximum absolute atomic E-state index is 13.4. The molecule has 0 spiro atoms. The Hall–Kier alpha value is -2.54. The Morgan fingerprint density at radius 1 is 1.26 bits per heavy atom. The first kappa shape index (κ1) is 17.9. The van der Waals surface area contributed by atoms with Gasteiger partial charge in [0, 0.05) is 44.3 Å². The molecule has 3 heterocycles. The standard InChI is InChI=1S/C20H25N3O4/c1-26-16-6-4-15(5-7-16)18-17(19(21-27-18)22-9-2-3-10-22)20(25)23-11-8-14(12-23)13-24/h4-7,14,24H,2-3,8-13H2,1H3. The fourth-order valence-electron chi connectivity index (χ4n) is 3.88. The molecule has 0 radical (unpaired) electrons. The first-order chi connectivity index (χ1) is 13.2. The monoisotopic (exact) mass is 371 g/mol. The van der Waals surface area contributed by atoms with Gasteiger partial charge in [0.25, 0.3) is 5.91 Å². The number of likely N-dealkylation sites (tertiary alicyclic amines) is 1. The van der Waals surface area contributed by atoms with Crippen molar-refractivity contribution in [3.63, 3.8) is 0 Å². The van der Waals surface area contributed by atoms with Gasteiger partial charge in [-0.1, -0.05) is 5.16 Å². The molecule has 7 heteroatoms. The minimum Gasteiger partial charge on any atom is -0.497 e. The van der Waals surface area contributed by atoms with Crippen LogP contribution in [-0.2, 0) is 0 Å². The number of carbonyl (C=O) groups excluding carboxylic acids is 1. The van der Waals surface area contributed by atoms with Crippen molar-refractivity contribution in [3.8, 4) is 17.1 Å². The molecule has 2 fully saturated rings. The number of amides is 1. The third-order valence-electron chi connectivity index (χ3n) is 5.48. The van der Waals surface area contributed by atoms with Crippen LogP contribution < -0.4 is 9.64 Å². The molecule has 1 unspecified atom stereocenters. The van der Waals surface area contributed by atoms with Crippen LogP contribution in [-0.4, -0.2) is 61.0 Å². The van der Waals surface area contributed by atoms with Gasteiger partial charge in [0.1, 0.15) is 11.3 Å². The number of aromatic nitrogens is 1. The summed E-state index contributed by atoms with van der Waals surface area (Å²) in [5.74, 6) is 1.96. The lowest BCUT2D eigenvalue weighted by Crippen LogP contribution is -2.31. The average Bonchev–Trinajstić information content (AvgIpc) is 3.47. The van der Waals surface area contributed by atoms with Gasteiger partial charge in [-0.3, -0.25) is 4.79 Å². The molecule has 1 N–H and O–H groups in total. The van der Waals surface area contributed by atoms with E-state index in [1.54, 1.807) is 12.0 Å². The van der Waals surface area contributed by atoms with Crippen LogP contribution in [0, 0.1) is 5.92 Å². The van der Waals surface area contributed by atoms with Gasteiger partial charge < -0.3 is 24.2 Å². The highest BCUT2D eigenvalue weighted by Crippen LogP contribution is 2.35. The molecule has 1 aromatic heterocycles. The van der Waals surface area contributed by atoms with Crippen LogP contribution in [0.5, 0.6) is 5.75 Å². The second-order valence-electron chi connectivity index (χ2n) is 7.22. The number of anilines is 1. The summed E-state index contributed by atoms with van der Waals surface area (Å²) in [6, 6.07) is 7.45. The van der Waals surface area contributed by atoms with Gasteiger partial charge in [-0.25, -0.2) is 0 Å². The zero-order chi connectivity index (χ0) is 18.8. The van der Waals surface area contributed by atoms with E-state index >= 15 is 0 Å². The number of aliphatic hydroxyl groups is 1. The van der Waals surface area contributed by atoms with E-state index in [-0.39, 0.29) is 18.4 Å². The molecule has 0 saturated carbocycles. The second-order valence-corrected chi connectivity index (χ2v) is 7.22. The highest BCUT2D eigenvalue weighted by atomic mass is 16.5. The summed E-state index contributed by atoms with van der Waals surface area (Å²) in [7, 11) is 1.62. The Kier molecular flexibility index (Phi) is 5.03. The van der Waals surface area contributed by atoms with E-state index < -0.39 is 0 Å². The van der Waals surface area contributed by atoms with E-state index in [1.165, 1.54) is 0 Å². The summed E-state index contributed by atoms with van der Waals surface area (Å²) < 4.78 is 10.9. The Labute approximate surface area is 158 Å². The zero-order valence-corrected chi connectivity index (χ0v) is 15.6. The van der Waals surface area contributed by atoms with Crippen LogP contribution in [0.1, 0.15) is 29.6 Å². The zero-order valence-electron chi connectivity index (χ0n) is 15.6. The largest absolute Gasteiger partial charge is 0.497 e. The van der Waals surface area contributed by atoms with Crippen molar-refractivity contribution in [2.24, 2.45) is 5.92 Å². The van der Waals surface area contributed by atoms with Crippen molar-refractivity contribution in [3.05, 3.63) is 29.8 Å². The van der Waals surface area contributed by atoms with Gasteiger partial charge in [0.05, 0.1) is 7.11 Å². The van der Waals surface area contributed by atoms with Crippen LogP contribution in [0.4, 0.5) is 5.82 Å². The lowest BCUT2D eigenvalue weighted by atomic mass is 10.1. The van der Waals surface area contributed by atoms with Crippen LogP contribution in [0.3, 0.4) is 0 Å². The number of benzene rings is 1. The van der Waals surface area contributed by atoms with E-state index in [1.807, 2.05) is 24.3 Å². The molecule has 1 amide bonds. The van der Waals surface area contributed by atoms with E-state index in [9.17, 15) is 9.90 Å². The summed E-state index contributed by atoms with van der Waals surface area (Å²) in [4.78, 5) is 17.3. The first-order valence-electron chi connectivity index (χ1n) is 9.50. The summed E-state index contributed by atoms with van der Waals surface area (Å²) in [5.41, 5.74) is 1.33. The molecule has 4 rings (SSSR count). The molecule has 2 saturated heterocycles. The predicted octanol–water partition coefficient (Wildman–Crippen LogP) is 2.40. The van der Waals surface area contributed by atoms with Crippen molar-refractivity contribution in [2.45, 2.75) is 19.3 Å². The van der Waals surface area contributed by atoms with E-state index in [4.69, 9.17) is 9.26 Å². The molecular formula is C20H25N3O4. The van der Waals surface area contributed by atoms with Crippen molar-refractivity contribution in [1.82, 2.24) is 10.1 Å². The Morgan fingerprint density at radius 2 is 2.00 bits per heavy atom. The smallest absolute Gasteiger partial charge is 0.261 e. The van der Waals surface area contributed by atoms with Crippen molar-refractivity contribution < 1.29 is 19.2 Å². The van der Waals surface area contributed by atoms with Crippen molar-refractivity contribution in [1.29, 1.82) is 0 Å². The number of hydrogen-bond acceptors (Lipinski definition) is 6. The molecule has 2 aliphatic rings. The number of hydrogen-bond donors (Lipinski definition) is 1. The van der Waals surface area contributed by atoms with Gasteiger partial charge in [-0.05, 0) is 43.5 Å². The number of ether oxygens (including phenoxy) is 1. The van der Waals surface area contributed by atoms with Crippen LogP contribution in [0.25, 0.3) is 11.3 Å². The molecular weight excluding hydrogens is 346 g/mol. The summed E-state index contributed by atoms with van der Waals surface area (Å²) in [6.45, 7) is 3.10. The van der Waals surface area contributed by atoms with Gasteiger partial charge >= 0.3 is 0 Å². The minimum atomic E-state index is -0.0695. The van der Waals surface area contributed by atoms with Gasteiger partial charge in [-0.15, -0.1) is 0 Å². The van der Waals surface area contributed by atoms with E-state index in [0.717, 1.165) is 43.7 Å². The number of rotatable bonds is 5. The number of nitrogens with zero attached hydrogens (tertiary/aromatic N) is 3. The van der Waals surface area contributed by atoms with Gasteiger partial charge in [0.15, 0.2) is 11.6 Å². The lowest BCUT2D eigenvalue weighted by molar-refractivity contribution is 0.0782. The SMILES string of the molecule is COc1ccc(-c2onc(N3CCCC3)c2C(=O)N2CCC(CO)C2)cc1. The summed E-state index contributed by atoms with van der Waals surface area (Å²) in [5, 5.41) is 13.7. The molecule has 2 aliphatic heterocycles. The average molecular weight is 371 g/mol. The normalized spacial score (nSPS) is 19.7. The third kappa shape index (κ3) is 3.39. The first-order valence-corrected chi connectivity index (χ1v) is 9.50. The molecule has 144 valence electrons. The van der Waals surface area contributed by atoms with Crippen LogP contribution in [0.2, 0.25) is 0 Å². The molecule has 0 bridgehead atoms. The molecule has 1 atom stereocenters. The van der Waals surface area contributed by atoms with Crippen LogP contribution >= 0.6 is 0 Å². The molecule has 27 heavy (non-hydrogen) atoms. The fourth-order valence-corrected chi connectivity index (χ4v) is 3.88. The number of methoxy groups -OCH3 is 1. The highest BCUT2D eigenvalue weighted by Gasteiger charge is 2.34. The maximum atomic E-state index is 13.4. The lowest BCUT2D eigenvalue weighted by Gasteiger charge is -2.20. The summed E-state index contributed by atoms with van der Waals surface area (Å²) in [6.07, 6.45) is 3.01. The second kappa shape index (κ2) is 7.60. The Balaban J connectivity index is 1.71. The minimum absolute atomic E-state index is 0.0695. The summed E-state index contributed by atoms with van der Waals surface area (Å²) >= 11 is 0. The topological polar surface area (TPSA) is 79.0 Å². The molecule has 1 aromatic carbocycles.